The highest BCUT2D eigenvalue weighted by atomic mass is 16.5. The molecule has 0 atom stereocenters. The van der Waals surface area contributed by atoms with E-state index in [0.29, 0.717) is 25.1 Å². The molecule has 2 aliphatic rings. The summed E-state index contributed by atoms with van der Waals surface area (Å²) in [4.78, 5) is 19.0. The third kappa shape index (κ3) is 5.50. The highest BCUT2D eigenvalue weighted by Crippen LogP contribution is 2.31. The molecule has 38 heavy (non-hydrogen) atoms. The molecule has 5 heterocycles. The van der Waals surface area contributed by atoms with Crippen molar-refractivity contribution in [2.45, 2.75) is 39.3 Å². The second kappa shape index (κ2) is 11.9. The lowest BCUT2D eigenvalue weighted by Crippen LogP contribution is -2.39. The zero-order valence-corrected chi connectivity index (χ0v) is 22.4. The number of benzene rings is 1. The van der Waals surface area contributed by atoms with Crippen LogP contribution < -0.4 is 16.4 Å². The van der Waals surface area contributed by atoms with Crippen molar-refractivity contribution in [1.29, 1.82) is 0 Å². The molecule has 3 aromatic heterocycles. The SMILES string of the molecule is CC.Nc1ncccc1-c1nc2ccc(N3CCOCC3)nc2n1-c1ccc(CN2CCC(N)CC2)cc1. The molecular weight excluding hydrogens is 476 g/mol. The fourth-order valence-electron chi connectivity index (χ4n) is 5.07. The summed E-state index contributed by atoms with van der Waals surface area (Å²) in [7, 11) is 0. The van der Waals surface area contributed by atoms with Gasteiger partial charge >= 0.3 is 0 Å². The number of aromatic nitrogens is 4. The summed E-state index contributed by atoms with van der Waals surface area (Å²) in [6.45, 7) is 10.1. The molecule has 0 bridgehead atoms. The number of imidazole rings is 1. The van der Waals surface area contributed by atoms with Crippen LogP contribution in [0.25, 0.3) is 28.2 Å². The fraction of sp³-hybridized carbons (Fsp3) is 0.414. The molecule has 6 rings (SSSR count). The molecule has 0 saturated carbocycles. The molecule has 2 saturated heterocycles. The predicted molar refractivity (Wildman–Crippen MR) is 153 cm³/mol. The first-order chi connectivity index (χ1) is 18.7. The molecule has 2 fully saturated rings. The van der Waals surface area contributed by atoms with Crippen LogP contribution in [0.1, 0.15) is 32.3 Å². The van der Waals surface area contributed by atoms with E-state index in [1.165, 1.54) is 5.56 Å². The Bertz CT molecular complexity index is 1340. The van der Waals surface area contributed by atoms with Crippen LogP contribution in [0.15, 0.2) is 54.7 Å². The van der Waals surface area contributed by atoms with Crippen molar-refractivity contribution in [3.63, 3.8) is 0 Å². The van der Waals surface area contributed by atoms with Crippen LogP contribution in [0.5, 0.6) is 0 Å². The van der Waals surface area contributed by atoms with Crippen molar-refractivity contribution in [3.8, 4) is 17.1 Å². The lowest BCUT2D eigenvalue weighted by Gasteiger charge is -2.30. The monoisotopic (exact) mass is 514 g/mol. The molecule has 0 radical (unpaired) electrons. The number of nitrogens with zero attached hydrogens (tertiary/aromatic N) is 6. The number of likely N-dealkylation sites (tertiary alicyclic amines) is 1. The summed E-state index contributed by atoms with van der Waals surface area (Å²) in [5.74, 6) is 2.11. The molecule has 4 N–H and O–H groups in total. The van der Waals surface area contributed by atoms with Crippen molar-refractivity contribution in [2.24, 2.45) is 5.73 Å². The maximum atomic E-state index is 6.28. The first-order valence-corrected chi connectivity index (χ1v) is 13.7. The third-order valence-corrected chi connectivity index (χ3v) is 7.14. The van der Waals surface area contributed by atoms with Gasteiger partial charge in [-0.05, 0) is 67.9 Å². The van der Waals surface area contributed by atoms with Crippen LogP contribution in [-0.4, -0.2) is 69.9 Å². The molecule has 9 nitrogen and oxygen atoms in total. The van der Waals surface area contributed by atoms with Crippen LogP contribution in [-0.2, 0) is 11.3 Å². The van der Waals surface area contributed by atoms with Gasteiger partial charge in [-0.3, -0.25) is 9.47 Å². The van der Waals surface area contributed by atoms with Gasteiger partial charge in [0.1, 0.15) is 17.2 Å². The largest absolute Gasteiger partial charge is 0.383 e. The van der Waals surface area contributed by atoms with E-state index in [1.54, 1.807) is 6.20 Å². The van der Waals surface area contributed by atoms with E-state index in [4.69, 9.17) is 26.2 Å². The number of fused-ring (bicyclic) bond motifs is 1. The normalized spacial score (nSPS) is 16.9. The standard InChI is InChI=1S/C27H32N8O.C2H6/c28-20-9-12-33(13-10-20)18-19-3-5-21(6-4-19)35-26(22-2-1-11-30-25(22)29)31-23-7-8-24(32-27(23)35)34-14-16-36-17-15-34;1-2/h1-8,11,20H,9-10,12-18,28H2,(H2,29,30);1-2H3. The number of nitrogen functional groups attached to an aromatic ring is 1. The van der Waals surface area contributed by atoms with Gasteiger partial charge < -0.3 is 21.1 Å². The van der Waals surface area contributed by atoms with Gasteiger partial charge in [0, 0.05) is 37.6 Å². The van der Waals surface area contributed by atoms with Crippen LogP contribution in [0, 0.1) is 0 Å². The maximum Gasteiger partial charge on any atom is 0.167 e. The lowest BCUT2D eigenvalue weighted by atomic mass is 10.1. The van der Waals surface area contributed by atoms with Crippen LogP contribution >= 0.6 is 0 Å². The van der Waals surface area contributed by atoms with Crippen molar-refractivity contribution in [1.82, 2.24) is 24.4 Å². The van der Waals surface area contributed by atoms with Gasteiger partial charge in [0.2, 0.25) is 0 Å². The lowest BCUT2D eigenvalue weighted by molar-refractivity contribution is 0.122. The molecular formula is C29H38N8O. The van der Waals surface area contributed by atoms with Gasteiger partial charge in [-0.25, -0.2) is 15.0 Å². The molecule has 0 spiro atoms. The maximum absolute atomic E-state index is 6.28. The van der Waals surface area contributed by atoms with E-state index in [0.717, 1.165) is 79.6 Å². The van der Waals surface area contributed by atoms with Gasteiger partial charge in [0.15, 0.2) is 11.5 Å². The van der Waals surface area contributed by atoms with Gasteiger partial charge in [0.25, 0.3) is 0 Å². The summed E-state index contributed by atoms with van der Waals surface area (Å²) < 4.78 is 7.62. The number of pyridine rings is 2. The van der Waals surface area contributed by atoms with Gasteiger partial charge in [-0.1, -0.05) is 26.0 Å². The van der Waals surface area contributed by atoms with Crippen molar-refractivity contribution in [3.05, 3.63) is 60.3 Å². The Labute approximate surface area is 224 Å². The molecule has 9 heteroatoms. The van der Waals surface area contributed by atoms with Crippen LogP contribution in [0.3, 0.4) is 0 Å². The molecule has 2 aliphatic heterocycles. The first kappa shape index (κ1) is 26.1. The van der Waals surface area contributed by atoms with Crippen molar-refractivity contribution < 1.29 is 4.74 Å². The summed E-state index contributed by atoms with van der Waals surface area (Å²) in [5, 5.41) is 0. The molecule has 0 amide bonds. The number of morpholine rings is 1. The highest BCUT2D eigenvalue weighted by Gasteiger charge is 2.21. The van der Waals surface area contributed by atoms with E-state index in [2.05, 4.69) is 43.6 Å². The fourth-order valence-corrected chi connectivity index (χ4v) is 5.07. The van der Waals surface area contributed by atoms with Gasteiger partial charge in [0.05, 0.1) is 18.8 Å². The predicted octanol–water partition coefficient (Wildman–Crippen LogP) is 3.85. The molecule has 4 aromatic rings. The Morgan fingerprint density at radius 1 is 0.921 bits per heavy atom. The van der Waals surface area contributed by atoms with Gasteiger partial charge in [-0.15, -0.1) is 0 Å². The summed E-state index contributed by atoms with van der Waals surface area (Å²) >= 11 is 0. The Kier molecular flexibility index (Phi) is 8.17. The highest BCUT2D eigenvalue weighted by molar-refractivity contribution is 5.83. The molecule has 1 aromatic carbocycles. The van der Waals surface area contributed by atoms with E-state index >= 15 is 0 Å². The van der Waals surface area contributed by atoms with E-state index < -0.39 is 0 Å². The van der Waals surface area contributed by atoms with Crippen LogP contribution in [0.2, 0.25) is 0 Å². The summed E-state index contributed by atoms with van der Waals surface area (Å²) in [6.07, 6.45) is 3.82. The zero-order chi connectivity index (χ0) is 26.5. The average Bonchev–Trinajstić information content (AvgIpc) is 3.35. The zero-order valence-electron chi connectivity index (χ0n) is 22.4. The second-order valence-corrected chi connectivity index (χ2v) is 9.60. The second-order valence-electron chi connectivity index (χ2n) is 9.60. The number of nitrogens with two attached hydrogens (primary N) is 2. The quantitative estimate of drug-likeness (QED) is 0.413. The average molecular weight is 515 g/mol. The minimum absolute atomic E-state index is 0.339. The molecule has 0 unspecified atom stereocenters. The van der Waals surface area contributed by atoms with Gasteiger partial charge in [-0.2, -0.15) is 0 Å². The minimum atomic E-state index is 0.339. The number of piperidine rings is 1. The number of anilines is 2. The molecule has 200 valence electrons. The Morgan fingerprint density at radius 2 is 1.66 bits per heavy atom. The summed E-state index contributed by atoms with van der Waals surface area (Å²) in [5.41, 5.74) is 17.0. The minimum Gasteiger partial charge on any atom is -0.383 e. The Balaban J connectivity index is 0.00000144. The topological polar surface area (TPSA) is 111 Å². The smallest absolute Gasteiger partial charge is 0.167 e. The Hall–Kier alpha value is -3.53. The number of hydrogen-bond acceptors (Lipinski definition) is 8. The van der Waals surface area contributed by atoms with E-state index in [9.17, 15) is 0 Å². The van der Waals surface area contributed by atoms with E-state index in [1.807, 2.05) is 38.1 Å². The van der Waals surface area contributed by atoms with Crippen LogP contribution in [0.4, 0.5) is 11.6 Å². The Morgan fingerprint density at radius 3 is 2.37 bits per heavy atom. The first-order valence-electron chi connectivity index (χ1n) is 13.7. The van der Waals surface area contributed by atoms with Crippen molar-refractivity contribution >= 4 is 22.8 Å². The summed E-state index contributed by atoms with van der Waals surface area (Å²) in [6, 6.07) is 16.9. The third-order valence-electron chi connectivity index (χ3n) is 7.14. The number of hydrogen-bond donors (Lipinski definition) is 2. The molecule has 0 aliphatic carbocycles. The number of rotatable bonds is 5. The van der Waals surface area contributed by atoms with E-state index in [-0.39, 0.29) is 0 Å². The number of ether oxygens (including phenoxy) is 1. The van der Waals surface area contributed by atoms with Crippen molar-refractivity contribution in [2.75, 3.05) is 50.0 Å².